The van der Waals surface area contributed by atoms with E-state index in [-0.39, 0.29) is 5.60 Å². The smallest absolute Gasteiger partial charge is 0.150 e. The molecule has 0 bridgehead atoms. The lowest BCUT2D eigenvalue weighted by Crippen LogP contribution is -2.41. The summed E-state index contributed by atoms with van der Waals surface area (Å²) in [6.45, 7) is 0.880. The number of fused-ring (bicyclic) bond motifs is 1. The van der Waals surface area contributed by atoms with Gasteiger partial charge in [0.15, 0.2) is 9.84 Å². The van der Waals surface area contributed by atoms with Gasteiger partial charge in [-0.05, 0) is 43.9 Å². The van der Waals surface area contributed by atoms with Crippen molar-refractivity contribution in [1.82, 2.24) is 0 Å². The Balaban J connectivity index is 1.70. The van der Waals surface area contributed by atoms with Gasteiger partial charge >= 0.3 is 0 Å². The monoisotopic (exact) mass is 230 g/mol. The highest BCUT2D eigenvalue weighted by Crippen LogP contribution is 2.49. The summed E-state index contributed by atoms with van der Waals surface area (Å²) >= 11 is 0. The molecule has 15 heavy (non-hydrogen) atoms. The molecule has 0 aromatic rings. The van der Waals surface area contributed by atoms with Crippen molar-refractivity contribution in [2.24, 2.45) is 11.8 Å². The third-order valence-electron chi connectivity index (χ3n) is 4.38. The van der Waals surface area contributed by atoms with E-state index in [1.165, 1.54) is 12.8 Å². The van der Waals surface area contributed by atoms with Gasteiger partial charge in [-0.15, -0.1) is 0 Å². The molecule has 1 spiro atoms. The summed E-state index contributed by atoms with van der Waals surface area (Å²) in [5, 5.41) is 0. The molecule has 1 saturated carbocycles. The SMILES string of the molecule is O=S1(=O)CCC2(CC[C@@H]3C[C@@H]3CO2)CC1. The van der Waals surface area contributed by atoms with Crippen LogP contribution in [0.4, 0.5) is 0 Å². The maximum Gasteiger partial charge on any atom is 0.150 e. The molecule has 0 radical (unpaired) electrons. The van der Waals surface area contributed by atoms with Crippen LogP contribution in [-0.2, 0) is 14.6 Å². The molecule has 86 valence electrons. The number of hydrogen-bond donors (Lipinski definition) is 0. The molecular weight excluding hydrogens is 212 g/mol. The number of hydrogen-bond acceptors (Lipinski definition) is 3. The lowest BCUT2D eigenvalue weighted by Gasteiger charge is -2.36. The Morgan fingerprint density at radius 3 is 2.53 bits per heavy atom. The molecule has 4 heteroatoms. The van der Waals surface area contributed by atoms with Crippen LogP contribution in [0.5, 0.6) is 0 Å². The van der Waals surface area contributed by atoms with Gasteiger partial charge in [0, 0.05) is 0 Å². The van der Waals surface area contributed by atoms with Crippen molar-refractivity contribution in [1.29, 1.82) is 0 Å². The first kappa shape index (κ1) is 10.1. The van der Waals surface area contributed by atoms with E-state index in [2.05, 4.69) is 0 Å². The summed E-state index contributed by atoms with van der Waals surface area (Å²) < 4.78 is 28.8. The lowest BCUT2D eigenvalue weighted by atomic mass is 9.90. The van der Waals surface area contributed by atoms with Crippen LogP contribution in [-0.4, -0.2) is 32.1 Å². The highest BCUT2D eigenvalue weighted by molar-refractivity contribution is 7.91. The Hall–Kier alpha value is -0.0900. The van der Waals surface area contributed by atoms with Gasteiger partial charge in [0.2, 0.25) is 0 Å². The van der Waals surface area contributed by atoms with Gasteiger partial charge in [-0.25, -0.2) is 8.42 Å². The van der Waals surface area contributed by atoms with Gasteiger partial charge in [0.1, 0.15) is 0 Å². The maximum atomic E-state index is 11.4. The molecule has 2 heterocycles. The van der Waals surface area contributed by atoms with Gasteiger partial charge in [-0.1, -0.05) is 0 Å². The first-order chi connectivity index (χ1) is 7.09. The van der Waals surface area contributed by atoms with E-state index in [0.29, 0.717) is 11.5 Å². The standard InChI is InChI=1S/C11H18O3S/c12-15(13)5-3-11(4-6-15)2-1-9-7-10(9)8-14-11/h9-10H,1-8H2/t9-,10-/m1/s1. The van der Waals surface area contributed by atoms with Crippen LogP contribution in [0, 0.1) is 11.8 Å². The molecule has 3 aliphatic rings. The van der Waals surface area contributed by atoms with Gasteiger partial charge in [-0.2, -0.15) is 0 Å². The fraction of sp³-hybridized carbons (Fsp3) is 1.00. The summed E-state index contributed by atoms with van der Waals surface area (Å²) in [5.74, 6) is 2.36. The fourth-order valence-corrected chi connectivity index (χ4v) is 4.55. The van der Waals surface area contributed by atoms with Crippen LogP contribution >= 0.6 is 0 Å². The molecule has 0 aromatic carbocycles. The quantitative estimate of drug-likeness (QED) is 0.631. The van der Waals surface area contributed by atoms with Gasteiger partial charge in [-0.3, -0.25) is 0 Å². The van der Waals surface area contributed by atoms with Crippen LogP contribution in [0.2, 0.25) is 0 Å². The van der Waals surface area contributed by atoms with Gasteiger partial charge in [0.25, 0.3) is 0 Å². The van der Waals surface area contributed by atoms with Crippen LogP contribution in [0.15, 0.2) is 0 Å². The van der Waals surface area contributed by atoms with E-state index in [0.717, 1.165) is 37.7 Å². The second-order valence-corrected chi connectivity index (χ2v) is 7.74. The molecule has 0 unspecified atom stereocenters. The largest absolute Gasteiger partial charge is 0.375 e. The molecule has 3 fully saturated rings. The van der Waals surface area contributed by atoms with Crippen LogP contribution in [0.25, 0.3) is 0 Å². The topological polar surface area (TPSA) is 43.4 Å². The zero-order valence-electron chi connectivity index (χ0n) is 8.94. The Morgan fingerprint density at radius 2 is 1.80 bits per heavy atom. The Kier molecular flexibility index (Phi) is 2.15. The summed E-state index contributed by atoms with van der Waals surface area (Å²) in [6.07, 6.45) is 5.15. The van der Waals surface area contributed by atoms with Crippen molar-refractivity contribution in [3.05, 3.63) is 0 Å². The molecule has 0 N–H and O–H groups in total. The number of ether oxygens (including phenoxy) is 1. The molecule has 2 atom stereocenters. The minimum Gasteiger partial charge on any atom is -0.375 e. The van der Waals surface area contributed by atoms with Crippen molar-refractivity contribution >= 4 is 9.84 Å². The molecule has 3 nitrogen and oxygen atoms in total. The molecular formula is C11H18O3S. The van der Waals surface area contributed by atoms with Crippen molar-refractivity contribution in [2.75, 3.05) is 18.1 Å². The minimum atomic E-state index is -2.75. The third kappa shape index (κ3) is 1.94. The van der Waals surface area contributed by atoms with Crippen molar-refractivity contribution in [3.8, 4) is 0 Å². The van der Waals surface area contributed by atoms with Crippen LogP contribution in [0.3, 0.4) is 0 Å². The zero-order chi connectivity index (χ0) is 10.5. The number of sulfone groups is 1. The first-order valence-corrected chi connectivity index (χ1v) is 7.75. The van der Waals surface area contributed by atoms with E-state index in [4.69, 9.17) is 4.74 Å². The van der Waals surface area contributed by atoms with E-state index in [9.17, 15) is 8.42 Å². The van der Waals surface area contributed by atoms with Crippen molar-refractivity contribution in [2.45, 2.75) is 37.7 Å². The summed E-state index contributed by atoms with van der Waals surface area (Å²) in [7, 11) is -2.75. The predicted molar refractivity (Wildman–Crippen MR) is 57.4 cm³/mol. The van der Waals surface area contributed by atoms with E-state index in [1.54, 1.807) is 0 Å². The van der Waals surface area contributed by atoms with E-state index >= 15 is 0 Å². The Labute approximate surface area is 91.1 Å². The summed E-state index contributed by atoms with van der Waals surface area (Å²) in [5.41, 5.74) is -0.0707. The summed E-state index contributed by atoms with van der Waals surface area (Å²) in [6, 6.07) is 0. The molecule has 1 aliphatic carbocycles. The zero-order valence-corrected chi connectivity index (χ0v) is 9.76. The van der Waals surface area contributed by atoms with Crippen LogP contribution in [0.1, 0.15) is 32.1 Å². The van der Waals surface area contributed by atoms with Crippen LogP contribution < -0.4 is 0 Å². The van der Waals surface area contributed by atoms with E-state index < -0.39 is 9.84 Å². The minimum absolute atomic E-state index is 0.0707. The highest BCUT2D eigenvalue weighted by atomic mass is 32.2. The second-order valence-electron chi connectivity index (χ2n) is 5.44. The lowest BCUT2D eigenvalue weighted by molar-refractivity contribution is -0.0562. The molecule has 2 saturated heterocycles. The third-order valence-corrected chi connectivity index (χ3v) is 6.03. The fourth-order valence-electron chi connectivity index (χ4n) is 2.98. The van der Waals surface area contributed by atoms with Gasteiger partial charge in [0.05, 0.1) is 23.7 Å². The predicted octanol–water partition coefficient (Wildman–Crippen LogP) is 1.38. The highest BCUT2D eigenvalue weighted by Gasteiger charge is 2.46. The Bertz CT molecular complexity index is 332. The van der Waals surface area contributed by atoms with Crippen molar-refractivity contribution in [3.63, 3.8) is 0 Å². The molecule has 2 aliphatic heterocycles. The molecule has 0 aromatic heterocycles. The summed E-state index contributed by atoms with van der Waals surface area (Å²) in [4.78, 5) is 0. The number of rotatable bonds is 0. The normalized spacial score (nSPS) is 41.9. The first-order valence-electron chi connectivity index (χ1n) is 5.93. The average Bonchev–Trinajstić information content (AvgIpc) is 2.93. The molecule has 0 amide bonds. The Morgan fingerprint density at radius 1 is 1.07 bits per heavy atom. The average molecular weight is 230 g/mol. The maximum absolute atomic E-state index is 11.4. The van der Waals surface area contributed by atoms with Crippen molar-refractivity contribution < 1.29 is 13.2 Å². The second kappa shape index (κ2) is 3.20. The molecule has 3 rings (SSSR count). The van der Waals surface area contributed by atoms with Gasteiger partial charge < -0.3 is 4.74 Å². The van der Waals surface area contributed by atoms with E-state index in [1.807, 2.05) is 0 Å².